The van der Waals surface area contributed by atoms with Crippen LogP contribution in [0.4, 0.5) is 0 Å². The Morgan fingerprint density at radius 3 is 1.18 bits per heavy atom. The maximum Gasteiger partial charge on any atom is 0.338 e. The summed E-state index contributed by atoms with van der Waals surface area (Å²) in [4.78, 5) is 95.2. The topological polar surface area (TPSA) is 278 Å². The molecule has 6 aromatic rings. The van der Waals surface area contributed by atoms with Gasteiger partial charge in [0.1, 0.15) is 55.9 Å². The van der Waals surface area contributed by atoms with E-state index in [1.807, 2.05) is 91.0 Å². The minimum atomic E-state index is -2.06. The first kappa shape index (κ1) is 66.7. The van der Waals surface area contributed by atoms with Crippen LogP contribution in [-0.2, 0) is 110 Å². The maximum atomic E-state index is 14.9. The Kier molecular flexibility index (Phi) is 24.0. The van der Waals surface area contributed by atoms with E-state index in [2.05, 4.69) is 0 Å². The number of benzene rings is 6. The van der Waals surface area contributed by atoms with Crippen molar-refractivity contribution in [2.75, 3.05) is 19.8 Å². The number of carbonyl (C=O) groups is 7. The fourth-order valence-corrected chi connectivity index (χ4v) is 10.5. The highest BCUT2D eigenvalue weighted by Gasteiger charge is 2.60. The number of hydrogen-bond donors (Lipinski definition) is 1. The van der Waals surface area contributed by atoms with Gasteiger partial charge in [-0.2, -0.15) is 0 Å². The first-order chi connectivity index (χ1) is 44.1. The third-order valence-corrected chi connectivity index (χ3v) is 14.6. The largest absolute Gasteiger partial charge is 0.463 e. The van der Waals surface area contributed by atoms with Gasteiger partial charge in [0.25, 0.3) is 0 Å². The molecule has 1 N–H and O–H groups in total. The molecule has 23 heteroatoms. The molecule has 480 valence electrons. The number of esters is 7. The summed E-state index contributed by atoms with van der Waals surface area (Å²) in [7, 11) is 0. The van der Waals surface area contributed by atoms with Crippen LogP contribution in [0.1, 0.15) is 75.5 Å². The summed E-state index contributed by atoms with van der Waals surface area (Å²) in [6.45, 7) is 2.62. The molecule has 3 fully saturated rings. The van der Waals surface area contributed by atoms with Gasteiger partial charge in [-0.3, -0.25) is 19.2 Å². The highest BCUT2D eigenvalue weighted by atomic mass is 16.8. The molecule has 91 heavy (non-hydrogen) atoms. The molecule has 0 amide bonds. The summed E-state index contributed by atoms with van der Waals surface area (Å²) in [6, 6.07) is 50.9. The minimum Gasteiger partial charge on any atom is -0.463 e. The van der Waals surface area contributed by atoms with Gasteiger partial charge in [-0.05, 0) is 53.1 Å². The van der Waals surface area contributed by atoms with Crippen molar-refractivity contribution in [1.82, 2.24) is 0 Å². The van der Waals surface area contributed by atoms with E-state index in [4.69, 9.17) is 71.1 Å². The number of carbonyl (C=O) groups excluding carboxylic acids is 7. The number of ether oxygens (including phenoxy) is 15. The lowest BCUT2D eigenvalue weighted by Gasteiger charge is -2.50. The van der Waals surface area contributed by atoms with Gasteiger partial charge < -0.3 is 76.2 Å². The lowest BCUT2D eigenvalue weighted by molar-refractivity contribution is -0.385. The Labute approximate surface area is 524 Å². The molecule has 3 saturated heterocycles. The van der Waals surface area contributed by atoms with Crippen molar-refractivity contribution in [3.63, 3.8) is 0 Å². The van der Waals surface area contributed by atoms with Gasteiger partial charge in [0.15, 0.2) is 49.4 Å². The molecular weight excluding hydrogens is 1180 g/mol. The minimum absolute atomic E-state index is 0.00508. The first-order valence-electron chi connectivity index (χ1n) is 29.4. The number of aliphatic hydroxyl groups is 1. The molecule has 3 aliphatic rings. The Bertz CT molecular complexity index is 3310. The molecule has 6 aromatic carbocycles. The predicted octanol–water partition coefficient (Wildman–Crippen LogP) is 6.98. The van der Waals surface area contributed by atoms with Crippen molar-refractivity contribution in [1.29, 1.82) is 0 Å². The zero-order valence-electron chi connectivity index (χ0n) is 50.2. The molecule has 0 spiro atoms. The molecule has 0 radical (unpaired) electrons. The summed E-state index contributed by atoms with van der Waals surface area (Å²) in [5.41, 5.74) is 2.38. The van der Waals surface area contributed by atoms with Gasteiger partial charge in [-0.1, -0.05) is 146 Å². The van der Waals surface area contributed by atoms with Crippen LogP contribution in [0.15, 0.2) is 182 Å². The van der Waals surface area contributed by atoms with Gasteiger partial charge >= 0.3 is 41.8 Å². The second-order valence-corrected chi connectivity index (χ2v) is 21.3. The highest BCUT2D eigenvalue weighted by Crippen LogP contribution is 2.39. The van der Waals surface area contributed by atoms with Gasteiger partial charge in [0.2, 0.25) is 0 Å². The zero-order valence-corrected chi connectivity index (χ0v) is 50.2. The Morgan fingerprint density at radius 1 is 0.341 bits per heavy atom. The van der Waals surface area contributed by atoms with Gasteiger partial charge in [0, 0.05) is 27.7 Å². The molecule has 0 aromatic heterocycles. The molecule has 23 nitrogen and oxygen atoms in total. The van der Waals surface area contributed by atoms with Crippen LogP contribution < -0.4 is 0 Å². The Hall–Kier alpha value is -8.75. The normalized spacial score (nSPS) is 26.2. The molecule has 6 unspecified atom stereocenters. The van der Waals surface area contributed by atoms with Crippen LogP contribution >= 0.6 is 0 Å². The van der Waals surface area contributed by atoms with Crippen LogP contribution in [0.25, 0.3) is 0 Å². The summed E-state index contributed by atoms with van der Waals surface area (Å²) in [6.07, 6.45) is -25.9. The van der Waals surface area contributed by atoms with Crippen LogP contribution in [-0.4, -0.2) is 159 Å². The average Bonchev–Trinajstić information content (AvgIpc) is 0.799. The van der Waals surface area contributed by atoms with E-state index in [1.165, 1.54) is 36.4 Å². The molecule has 0 aliphatic carbocycles. The van der Waals surface area contributed by atoms with Crippen LogP contribution in [0.3, 0.4) is 0 Å². The van der Waals surface area contributed by atoms with E-state index in [0.717, 1.165) is 38.8 Å². The van der Waals surface area contributed by atoms with Crippen molar-refractivity contribution < 1.29 is 110 Å². The lowest BCUT2D eigenvalue weighted by Crippen LogP contribution is -2.69. The van der Waals surface area contributed by atoms with E-state index in [9.17, 15) is 38.7 Å². The number of hydrogen-bond acceptors (Lipinski definition) is 23. The van der Waals surface area contributed by atoms with E-state index < -0.39 is 147 Å². The third kappa shape index (κ3) is 18.7. The van der Waals surface area contributed by atoms with E-state index in [-0.39, 0.29) is 43.1 Å². The highest BCUT2D eigenvalue weighted by molar-refractivity contribution is 5.90. The fourth-order valence-electron chi connectivity index (χ4n) is 10.5. The van der Waals surface area contributed by atoms with Crippen molar-refractivity contribution in [2.45, 2.75) is 140 Å². The molecule has 9 rings (SSSR count). The van der Waals surface area contributed by atoms with Gasteiger partial charge in [0.05, 0.1) is 43.1 Å². The SMILES string of the molecule is CC(=O)OCC1O[C@@H](O[C@@H]2C(OC(=O)c3ccccc3)[C@H](OC3[C@H](O)OC(COCc4ccccc4)[C@H](OCc4ccccc4)[C@@H]3OCc3ccccc3)OC(COC(=O)c3ccccc3)[C@@H]2OC(=O)c2ccccc2)C(OC(C)=O)[C@@H](OC(C)=O)[C@H]1OC(C)=O. The lowest BCUT2D eigenvalue weighted by atomic mass is 9.95. The molecule has 3 aliphatic heterocycles. The summed E-state index contributed by atoms with van der Waals surface area (Å²) in [5.74, 6) is -6.63. The van der Waals surface area contributed by atoms with E-state index >= 15 is 0 Å². The fraction of sp³-hybridized carbons (Fsp3) is 0.368. The quantitative estimate of drug-likeness (QED) is 0.0423. The summed E-state index contributed by atoms with van der Waals surface area (Å²) in [5, 5.41) is 12.6. The summed E-state index contributed by atoms with van der Waals surface area (Å²) >= 11 is 0. The number of rotatable bonds is 26. The molecule has 15 atom stereocenters. The van der Waals surface area contributed by atoms with Crippen LogP contribution in [0.5, 0.6) is 0 Å². The zero-order chi connectivity index (χ0) is 64.2. The van der Waals surface area contributed by atoms with Gasteiger partial charge in [-0.15, -0.1) is 0 Å². The van der Waals surface area contributed by atoms with Crippen molar-refractivity contribution in [3.05, 3.63) is 215 Å². The standard InChI is InChI=1S/C68H70O23/c1-41(69)78-39-52-55(82-42(2)70)58(83-43(3)71)61(84-44(4)72)67(86-52)90-59-56(88-64(74)49-31-19-9-20-32-49)53(40-81-63(73)48-29-17-8-18-30-48)87-68(62(59)89-65(75)50-33-21-10-22-34-50)91-60-57(80-37-47-27-15-7-16-28-47)54(79-36-46-25-13-6-14-26-46)51(85-66(60)76)38-77-35-45-23-11-5-12-24-45/h5-34,51-62,66-68,76H,35-40H2,1-4H3/t51?,52?,53?,54-,55-,56-,57-,58-,59-,60?,61?,62?,66+,67-,68-/m0/s1. The second kappa shape index (κ2) is 32.8. The average molecular weight is 1260 g/mol. The molecule has 0 bridgehead atoms. The Balaban J connectivity index is 1.20. The monoisotopic (exact) mass is 1250 g/mol. The van der Waals surface area contributed by atoms with Crippen molar-refractivity contribution in [3.8, 4) is 0 Å². The number of aliphatic hydroxyl groups excluding tert-OH is 1. The maximum absolute atomic E-state index is 14.9. The van der Waals surface area contributed by atoms with E-state index in [0.29, 0.717) is 5.56 Å². The summed E-state index contributed by atoms with van der Waals surface area (Å²) < 4.78 is 95.0. The smallest absolute Gasteiger partial charge is 0.338 e. The third-order valence-electron chi connectivity index (χ3n) is 14.6. The van der Waals surface area contributed by atoms with Crippen LogP contribution in [0, 0.1) is 0 Å². The molecule has 3 heterocycles. The Morgan fingerprint density at radius 2 is 0.703 bits per heavy atom. The molecular formula is C68H70O23. The molecule has 0 saturated carbocycles. The van der Waals surface area contributed by atoms with Gasteiger partial charge in [-0.25, -0.2) is 14.4 Å². The predicted molar refractivity (Wildman–Crippen MR) is 315 cm³/mol. The van der Waals surface area contributed by atoms with Crippen molar-refractivity contribution >= 4 is 41.8 Å². The van der Waals surface area contributed by atoms with Crippen molar-refractivity contribution in [2.24, 2.45) is 0 Å². The first-order valence-corrected chi connectivity index (χ1v) is 29.4. The van der Waals surface area contributed by atoms with E-state index in [1.54, 1.807) is 54.6 Å². The second-order valence-electron chi connectivity index (χ2n) is 21.3. The van der Waals surface area contributed by atoms with Crippen LogP contribution in [0.2, 0.25) is 0 Å².